The Balaban J connectivity index is 2.64. The van der Waals surface area contributed by atoms with E-state index in [2.05, 4.69) is 0 Å². The topological polar surface area (TPSA) is 72.5 Å². The van der Waals surface area contributed by atoms with Gasteiger partial charge in [-0.3, -0.25) is 4.79 Å². The largest absolute Gasteiger partial charge is 0.485 e. The van der Waals surface area contributed by atoms with Crippen LogP contribution in [-0.4, -0.2) is 30.6 Å². The Morgan fingerprint density at radius 1 is 1.41 bits per heavy atom. The summed E-state index contributed by atoms with van der Waals surface area (Å²) in [5.41, 5.74) is 7.36. The summed E-state index contributed by atoms with van der Waals surface area (Å²) in [7, 11) is 0. The van der Waals surface area contributed by atoms with E-state index in [-0.39, 0.29) is 25.5 Å². The molecule has 0 saturated heterocycles. The fourth-order valence-electron chi connectivity index (χ4n) is 1.60. The van der Waals surface area contributed by atoms with Crippen LogP contribution in [0.4, 0.5) is 0 Å². The predicted molar refractivity (Wildman–Crippen MR) is 66.0 cm³/mol. The van der Waals surface area contributed by atoms with Crippen LogP contribution in [-0.2, 0) is 4.79 Å². The van der Waals surface area contributed by atoms with Gasteiger partial charge in [-0.2, -0.15) is 0 Å². The maximum absolute atomic E-state index is 11.6. The molecule has 0 aliphatic carbocycles. The van der Waals surface area contributed by atoms with Gasteiger partial charge in [0, 0.05) is 6.54 Å². The molecule has 1 aromatic carbocycles. The average molecular weight is 237 g/mol. The van der Waals surface area contributed by atoms with Crippen molar-refractivity contribution >= 4 is 5.78 Å². The molecule has 0 spiro atoms. The van der Waals surface area contributed by atoms with Gasteiger partial charge in [0.15, 0.2) is 5.78 Å². The Hall–Kier alpha value is -1.39. The smallest absolute Gasteiger partial charge is 0.176 e. The number of ketones is 1. The monoisotopic (exact) mass is 237 g/mol. The van der Waals surface area contributed by atoms with Crippen LogP contribution in [0.5, 0.6) is 5.75 Å². The van der Waals surface area contributed by atoms with Gasteiger partial charge in [0.25, 0.3) is 0 Å². The minimum atomic E-state index is -0.528. The Morgan fingerprint density at radius 2 is 2.00 bits per heavy atom. The van der Waals surface area contributed by atoms with E-state index in [1.54, 1.807) is 0 Å². The lowest BCUT2D eigenvalue weighted by molar-refractivity contribution is -0.125. The highest BCUT2D eigenvalue weighted by atomic mass is 16.5. The molecule has 4 nitrogen and oxygen atoms in total. The highest BCUT2D eigenvalue weighted by Crippen LogP contribution is 2.22. The fraction of sp³-hybridized carbons (Fsp3) is 0.462. The first-order chi connectivity index (χ1) is 8.10. The van der Waals surface area contributed by atoms with Gasteiger partial charge in [-0.15, -0.1) is 0 Å². The van der Waals surface area contributed by atoms with Crippen LogP contribution in [0.25, 0.3) is 0 Å². The van der Waals surface area contributed by atoms with Crippen molar-refractivity contribution in [3.8, 4) is 5.75 Å². The molecule has 0 aliphatic heterocycles. The van der Waals surface area contributed by atoms with E-state index in [4.69, 9.17) is 15.6 Å². The second-order valence-electron chi connectivity index (χ2n) is 4.09. The van der Waals surface area contributed by atoms with Gasteiger partial charge >= 0.3 is 0 Å². The summed E-state index contributed by atoms with van der Waals surface area (Å²) >= 11 is 0. The van der Waals surface area contributed by atoms with Gasteiger partial charge in [-0.05, 0) is 25.0 Å². The lowest BCUT2D eigenvalue weighted by Gasteiger charge is -2.14. The normalized spacial score (nSPS) is 12.2. The number of carbonyl (C=O) groups is 1. The molecule has 0 saturated carbocycles. The van der Waals surface area contributed by atoms with Crippen LogP contribution in [0, 0.1) is 19.8 Å². The number of ether oxygens (including phenoxy) is 1. The van der Waals surface area contributed by atoms with E-state index in [1.807, 2.05) is 32.0 Å². The van der Waals surface area contributed by atoms with Gasteiger partial charge in [-0.25, -0.2) is 0 Å². The summed E-state index contributed by atoms with van der Waals surface area (Å²) in [5.74, 6) is 0.0338. The number of hydrogen-bond acceptors (Lipinski definition) is 4. The summed E-state index contributed by atoms with van der Waals surface area (Å²) in [4.78, 5) is 11.6. The predicted octanol–water partition coefficient (Wildman–Crippen LogP) is 0.819. The maximum atomic E-state index is 11.6. The molecule has 0 unspecified atom stereocenters. The van der Waals surface area contributed by atoms with Gasteiger partial charge in [0.2, 0.25) is 0 Å². The maximum Gasteiger partial charge on any atom is 0.176 e. The van der Waals surface area contributed by atoms with Gasteiger partial charge in [0.05, 0.1) is 12.5 Å². The molecule has 0 aliphatic rings. The number of carbonyl (C=O) groups excluding carboxylic acids is 1. The van der Waals surface area contributed by atoms with Crippen molar-refractivity contribution in [2.45, 2.75) is 13.8 Å². The Kier molecular flexibility index (Phi) is 5.12. The fourth-order valence-corrected chi connectivity index (χ4v) is 1.60. The standard InChI is InChI=1S/C13H19NO3/c1-9-4-3-5-10(2)13(9)17-8-12(16)11(6-14)7-15/h3-5,11,15H,6-8,14H2,1-2H3/t11-/m0/s1. The van der Waals surface area contributed by atoms with Crippen LogP contribution in [0.1, 0.15) is 11.1 Å². The molecule has 1 atom stereocenters. The van der Waals surface area contributed by atoms with Crippen LogP contribution in [0.2, 0.25) is 0 Å². The van der Waals surface area contributed by atoms with Crippen molar-refractivity contribution in [1.29, 1.82) is 0 Å². The molecule has 0 amide bonds. The third kappa shape index (κ3) is 3.54. The molecule has 0 fully saturated rings. The third-order valence-corrected chi connectivity index (χ3v) is 2.73. The number of aliphatic hydroxyl groups is 1. The molecule has 0 bridgehead atoms. The summed E-state index contributed by atoms with van der Waals surface area (Å²) < 4.78 is 5.50. The minimum Gasteiger partial charge on any atom is -0.485 e. The quantitative estimate of drug-likeness (QED) is 0.768. The van der Waals surface area contributed by atoms with E-state index < -0.39 is 5.92 Å². The van der Waals surface area contributed by atoms with Crippen LogP contribution in [0.3, 0.4) is 0 Å². The molecule has 4 heteroatoms. The molecular weight excluding hydrogens is 218 g/mol. The number of aliphatic hydroxyl groups excluding tert-OH is 1. The lowest BCUT2D eigenvalue weighted by atomic mass is 10.1. The molecule has 0 aromatic heterocycles. The molecule has 94 valence electrons. The summed E-state index contributed by atoms with van der Waals surface area (Å²) in [6.07, 6.45) is 0. The molecule has 0 radical (unpaired) electrons. The van der Waals surface area contributed by atoms with E-state index in [9.17, 15) is 4.79 Å². The molecule has 17 heavy (non-hydrogen) atoms. The van der Waals surface area contributed by atoms with Gasteiger partial charge in [0.1, 0.15) is 12.4 Å². The average Bonchev–Trinajstić information content (AvgIpc) is 2.30. The number of benzene rings is 1. The Labute approximate surface area is 101 Å². The van der Waals surface area contributed by atoms with Crippen LogP contribution < -0.4 is 10.5 Å². The number of Topliss-reactive ketones (excluding diaryl/α,β-unsaturated/α-hetero) is 1. The first-order valence-corrected chi connectivity index (χ1v) is 5.62. The number of aryl methyl sites for hydroxylation is 2. The third-order valence-electron chi connectivity index (χ3n) is 2.73. The molecule has 1 aromatic rings. The highest BCUT2D eigenvalue weighted by Gasteiger charge is 2.16. The zero-order valence-corrected chi connectivity index (χ0v) is 10.3. The number of nitrogens with two attached hydrogens (primary N) is 1. The van der Waals surface area contributed by atoms with Crippen LogP contribution in [0.15, 0.2) is 18.2 Å². The van der Waals surface area contributed by atoms with Crippen molar-refractivity contribution in [1.82, 2.24) is 0 Å². The van der Waals surface area contributed by atoms with E-state index in [1.165, 1.54) is 0 Å². The zero-order chi connectivity index (χ0) is 12.8. The zero-order valence-electron chi connectivity index (χ0n) is 10.3. The van der Waals surface area contributed by atoms with E-state index >= 15 is 0 Å². The lowest BCUT2D eigenvalue weighted by Crippen LogP contribution is -2.31. The summed E-state index contributed by atoms with van der Waals surface area (Å²) in [6.45, 7) is 3.73. The van der Waals surface area contributed by atoms with Gasteiger partial charge in [-0.1, -0.05) is 18.2 Å². The van der Waals surface area contributed by atoms with Crippen LogP contribution >= 0.6 is 0 Å². The minimum absolute atomic E-state index is 0.0475. The highest BCUT2D eigenvalue weighted by molar-refractivity contribution is 5.82. The first kappa shape index (κ1) is 13.7. The number of para-hydroxylation sites is 1. The molecular formula is C13H19NO3. The molecule has 3 N–H and O–H groups in total. The number of hydrogen-bond donors (Lipinski definition) is 2. The van der Waals surface area contributed by atoms with Crippen molar-refractivity contribution in [3.05, 3.63) is 29.3 Å². The Morgan fingerprint density at radius 3 is 2.47 bits per heavy atom. The Bertz CT molecular complexity index is 366. The second kappa shape index (κ2) is 6.37. The van der Waals surface area contributed by atoms with E-state index in [0.29, 0.717) is 0 Å². The molecule has 1 rings (SSSR count). The number of rotatable bonds is 6. The summed E-state index contributed by atoms with van der Waals surface area (Å²) in [5, 5.41) is 8.95. The van der Waals surface area contributed by atoms with Crippen molar-refractivity contribution in [2.24, 2.45) is 11.7 Å². The second-order valence-corrected chi connectivity index (χ2v) is 4.09. The SMILES string of the molecule is Cc1cccc(C)c1OCC(=O)[C@@H](CN)CO. The van der Waals surface area contributed by atoms with Crippen molar-refractivity contribution < 1.29 is 14.6 Å². The van der Waals surface area contributed by atoms with E-state index in [0.717, 1.165) is 16.9 Å². The first-order valence-electron chi connectivity index (χ1n) is 5.62. The van der Waals surface area contributed by atoms with Crippen molar-refractivity contribution in [2.75, 3.05) is 19.8 Å². The van der Waals surface area contributed by atoms with Gasteiger partial charge < -0.3 is 15.6 Å². The summed E-state index contributed by atoms with van der Waals surface area (Å²) in [6, 6.07) is 5.80. The molecule has 0 heterocycles. The van der Waals surface area contributed by atoms with Crippen molar-refractivity contribution in [3.63, 3.8) is 0 Å².